The summed E-state index contributed by atoms with van der Waals surface area (Å²) < 4.78 is 2.52. The van der Waals surface area contributed by atoms with Crippen molar-refractivity contribution in [2.45, 2.75) is 5.16 Å². The van der Waals surface area contributed by atoms with E-state index in [1.165, 1.54) is 16.4 Å². The van der Waals surface area contributed by atoms with Gasteiger partial charge >= 0.3 is 0 Å². The Balaban J connectivity index is 1.99. The molecule has 96 valence electrons. The van der Waals surface area contributed by atoms with Gasteiger partial charge in [-0.15, -0.1) is 0 Å². The summed E-state index contributed by atoms with van der Waals surface area (Å²) in [6, 6.07) is 7.89. The van der Waals surface area contributed by atoms with Gasteiger partial charge in [-0.25, -0.2) is 0 Å². The molecule has 0 fully saturated rings. The lowest BCUT2D eigenvalue weighted by molar-refractivity contribution is 0.672. The Morgan fingerprint density at radius 3 is 2.74 bits per heavy atom. The van der Waals surface area contributed by atoms with Crippen LogP contribution in [-0.2, 0) is 0 Å². The van der Waals surface area contributed by atoms with Gasteiger partial charge in [-0.3, -0.25) is 10.8 Å². The Bertz CT molecular complexity index is 721. The van der Waals surface area contributed by atoms with Crippen LogP contribution in [0.1, 0.15) is 5.56 Å². The van der Waals surface area contributed by atoms with E-state index in [-0.39, 0.29) is 11.6 Å². The van der Waals surface area contributed by atoms with Crippen molar-refractivity contribution >= 4 is 39.3 Å². The first-order valence-electron chi connectivity index (χ1n) is 5.34. The summed E-state index contributed by atoms with van der Waals surface area (Å²) in [4.78, 5) is 7.89. The molecule has 0 amide bonds. The molecule has 4 N–H and O–H groups in total. The summed E-state index contributed by atoms with van der Waals surface area (Å²) in [5, 5.41) is 10.3. The van der Waals surface area contributed by atoms with E-state index < -0.39 is 0 Å². The first-order chi connectivity index (χ1) is 9.13. The maximum atomic E-state index is 7.80. The van der Waals surface area contributed by atoms with Crippen molar-refractivity contribution in [3.8, 4) is 0 Å². The lowest BCUT2D eigenvalue weighted by atomic mass is 10.2. The predicted octanol–water partition coefficient (Wildman–Crippen LogP) is 1.75. The van der Waals surface area contributed by atoms with Crippen LogP contribution in [0.4, 0.5) is 5.95 Å². The van der Waals surface area contributed by atoms with Crippen LogP contribution in [0.5, 0.6) is 0 Å². The number of nitrogens with zero attached hydrogens (tertiary/aromatic N) is 3. The number of thioether (sulfide) groups is 1. The lowest BCUT2D eigenvalue weighted by Crippen LogP contribution is -2.34. The highest BCUT2D eigenvalue weighted by molar-refractivity contribution is 9.10. The number of hydrogen-bond donors (Lipinski definition) is 3. The van der Waals surface area contributed by atoms with Gasteiger partial charge in [0.25, 0.3) is 0 Å². The summed E-state index contributed by atoms with van der Waals surface area (Å²) in [6.45, 7) is 0. The van der Waals surface area contributed by atoms with Crippen LogP contribution in [0, 0.1) is 5.41 Å². The Morgan fingerprint density at radius 1 is 1.26 bits per heavy atom. The van der Waals surface area contributed by atoms with Crippen molar-refractivity contribution in [2.75, 3.05) is 11.2 Å². The molecule has 0 bridgehead atoms. The minimum atomic E-state index is 0.0257. The van der Waals surface area contributed by atoms with Gasteiger partial charge in [0.05, 0.1) is 5.70 Å². The smallest absolute Gasteiger partial charge is 0.246 e. The van der Waals surface area contributed by atoms with Crippen molar-refractivity contribution in [1.29, 1.82) is 5.41 Å². The minimum absolute atomic E-state index is 0.0257. The minimum Gasteiger partial charge on any atom is -0.368 e. The standard InChI is InChI=1S/C11H9BrN6S/c12-7-3-1-6(2-4-7)8-5-19-11-16-9(13)15-10(14)18(11)17-8/h1-5,17H,(H3,13,14,15). The molecule has 2 aromatic rings. The molecule has 0 saturated carbocycles. The number of nitrogens with two attached hydrogens (primary N) is 1. The molecule has 1 aromatic carbocycles. The van der Waals surface area contributed by atoms with Gasteiger partial charge in [-0.05, 0) is 12.1 Å². The SMILES string of the molecule is N=c1nc(N)nc2n1NC(c1ccc(Br)cc1)=CS2. The molecule has 0 unspecified atom stereocenters. The van der Waals surface area contributed by atoms with E-state index in [4.69, 9.17) is 11.1 Å². The van der Waals surface area contributed by atoms with Crippen molar-refractivity contribution in [3.63, 3.8) is 0 Å². The van der Waals surface area contributed by atoms with E-state index in [0.717, 1.165) is 15.7 Å². The predicted molar refractivity (Wildman–Crippen MR) is 77.6 cm³/mol. The monoisotopic (exact) mass is 336 g/mol. The molecule has 1 aliphatic rings. The maximum absolute atomic E-state index is 7.80. The van der Waals surface area contributed by atoms with Crippen LogP contribution < -0.4 is 16.8 Å². The van der Waals surface area contributed by atoms with Gasteiger partial charge in [0, 0.05) is 15.4 Å². The second kappa shape index (κ2) is 4.71. The Kier molecular flexibility index (Phi) is 3.03. The third kappa shape index (κ3) is 2.36. The summed E-state index contributed by atoms with van der Waals surface area (Å²) in [5.41, 5.74) is 10.6. The Labute approximate surface area is 121 Å². The summed E-state index contributed by atoms with van der Waals surface area (Å²) in [7, 11) is 0. The number of rotatable bonds is 1. The van der Waals surface area contributed by atoms with Gasteiger partial charge in [0.2, 0.25) is 11.6 Å². The largest absolute Gasteiger partial charge is 0.368 e. The fraction of sp³-hybridized carbons (Fsp3) is 0. The zero-order valence-electron chi connectivity index (χ0n) is 9.59. The highest BCUT2D eigenvalue weighted by Gasteiger charge is 2.14. The molecule has 0 atom stereocenters. The molecule has 6 nitrogen and oxygen atoms in total. The molecule has 0 radical (unpaired) electrons. The molecule has 8 heteroatoms. The van der Waals surface area contributed by atoms with Gasteiger partial charge in [0.15, 0.2) is 5.16 Å². The summed E-state index contributed by atoms with van der Waals surface area (Å²) in [6.07, 6.45) is 0. The van der Waals surface area contributed by atoms with Crippen LogP contribution in [0.15, 0.2) is 39.3 Å². The molecule has 0 aliphatic carbocycles. The zero-order chi connectivity index (χ0) is 13.4. The third-order valence-corrected chi connectivity index (χ3v) is 3.87. The van der Waals surface area contributed by atoms with Crippen LogP contribution >= 0.6 is 27.7 Å². The van der Waals surface area contributed by atoms with Crippen LogP contribution in [0.25, 0.3) is 5.70 Å². The van der Waals surface area contributed by atoms with Crippen molar-refractivity contribution in [1.82, 2.24) is 14.6 Å². The van der Waals surface area contributed by atoms with Crippen molar-refractivity contribution in [2.24, 2.45) is 0 Å². The second-order valence-corrected chi connectivity index (χ2v) is 5.54. The normalized spacial score (nSPS) is 13.4. The average Bonchev–Trinajstić information content (AvgIpc) is 2.39. The number of fused-ring (bicyclic) bond motifs is 1. The number of halogens is 1. The second-order valence-electron chi connectivity index (χ2n) is 3.79. The first-order valence-corrected chi connectivity index (χ1v) is 7.02. The van der Waals surface area contributed by atoms with Gasteiger partial charge in [-0.1, -0.05) is 39.8 Å². The number of hydrogen-bond acceptors (Lipinski definition) is 6. The number of aromatic nitrogens is 3. The van der Waals surface area contributed by atoms with Gasteiger partial charge in [0.1, 0.15) is 0 Å². The lowest BCUT2D eigenvalue weighted by Gasteiger charge is -2.20. The van der Waals surface area contributed by atoms with Crippen LogP contribution in [0.2, 0.25) is 0 Å². The van der Waals surface area contributed by atoms with E-state index in [1.54, 1.807) is 0 Å². The number of anilines is 1. The van der Waals surface area contributed by atoms with Crippen molar-refractivity contribution in [3.05, 3.63) is 45.3 Å². The fourth-order valence-electron chi connectivity index (χ4n) is 1.62. The highest BCUT2D eigenvalue weighted by Crippen LogP contribution is 2.27. The molecule has 1 aromatic heterocycles. The van der Waals surface area contributed by atoms with Gasteiger partial charge in [-0.2, -0.15) is 14.6 Å². The quantitative estimate of drug-likeness (QED) is 0.737. The zero-order valence-corrected chi connectivity index (χ0v) is 12.0. The molecule has 0 saturated heterocycles. The van der Waals surface area contributed by atoms with E-state index in [1.807, 2.05) is 29.7 Å². The molecular formula is C11H9BrN6S. The Morgan fingerprint density at radius 2 is 2.00 bits per heavy atom. The number of benzene rings is 1. The first kappa shape index (κ1) is 12.2. The molecular weight excluding hydrogens is 328 g/mol. The summed E-state index contributed by atoms with van der Waals surface area (Å²) in [5.74, 6) is 0.103. The highest BCUT2D eigenvalue weighted by atomic mass is 79.9. The van der Waals surface area contributed by atoms with E-state index in [9.17, 15) is 0 Å². The van der Waals surface area contributed by atoms with E-state index in [0.29, 0.717) is 5.16 Å². The molecule has 1 aliphatic heterocycles. The van der Waals surface area contributed by atoms with Crippen LogP contribution in [-0.4, -0.2) is 14.6 Å². The molecule has 2 heterocycles. The fourth-order valence-corrected chi connectivity index (χ4v) is 2.68. The molecule has 0 spiro atoms. The number of nitrogens with one attached hydrogen (secondary N) is 2. The maximum Gasteiger partial charge on any atom is 0.246 e. The summed E-state index contributed by atoms with van der Waals surface area (Å²) >= 11 is 4.80. The van der Waals surface area contributed by atoms with Crippen molar-refractivity contribution < 1.29 is 0 Å². The molecule has 19 heavy (non-hydrogen) atoms. The van der Waals surface area contributed by atoms with E-state index >= 15 is 0 Å². The van der Waals surface area contributed by atoms with E-state index in [2.05, 4.69) is 31.3 Å². The molecule has 3 rings (SSSR count). The topological polar surface area (TPSA) is 92.6 Å². The Hall–Kier alpha value is -1.80. The number of nitrogen functional groups attached to an aromatic ring is 1. The average molecular weight is 337 g/mol. The van der Waals surface area contributed by atoms with Gasteiger partial charge < -0.3 is 5.73 Å². The third-order valence-electron chi connectivity index (χ3n) is 2.50. The van der Waals surface area contributed by atoms with Crippen LogP contribution in [0.3, 0.4) is 0 Å².